The number of aliphatic hydroxyl groups is 2. The quantitative estimate of drug-likeness (QED) is 0.201. The molecule has 0 heterocycles. The van der Waals surface area contributed by atoms with Crippen LogP contribution in [0.4, 0.5) is 0 Å². The normalized spacial score (nSPS) is 19.5. The lowest BCUT2D eigenvalue weighted by molar-refractivity contribution is -0.128. The summed E-state index contributed by atoms with van der Waals surface area (Å²) in [7, 11) is 1.67. The number of rotatable bonds is 16. The van der Waals surface area contributed by atoms with Gasteiger partial charge in [0.05, 0.1) is 30.3 Å². The monoisotopic (exact) mass is 543 g/mol. The van der Waals surface area contributed by atoms with Crippen LogP contribution in [0.2, 0.25) is 0 Å². The summed E-state index contributed by atoms with van der Waals surface area (Å²) in [5.41, 5.74) is 6.74. The lowest BCUT2D eigenvalue weighted by Crippen LogP contribution is -2.47. The second-order valence-corrected chi connectivity index (χ2v) is 10.1. The van der Waals surface area contributed by atoms with E-state index in [1.807, 2.05) is 6.07 Å². The Morgan fingerprint density at radius 2 is 1.81 bits per heavy atom. The lowest BCUT2D eigenvalue weighted by atomic mass is 9.87. The Bertz CT molecular complexity index is 812. The summed E-state index contributed by atoms with van der Waals surface area (Å²) in [4.78, 5) is 25.2. The molecule has 1 saturated carbocycles. The van der Waals surface area contributed by atoms with Crippen molar-refractivity contribution < 1.29 is 29.3 Å². The topological polar surface area (TPSA) is 143 Å². The molecule has 0 spiro atoms. The molecule has 9 nitrogen and oxygen atoms in total. The van der Waals surface area contributed by atoms with Gasteiger partial charge >= 0.3 is 0 Å². The molecular formula is C27H46ClN3O6. The minimum Gasteiger partial charge on any atom is -0.493 e. The molecule has 0 unspecified atom stereocenters. The van der Waals surface area contributed by atoms with Crippen LogP contribution < -0.4 is 21.1 Å². The lowest BCUT2D eigenvalue weighted by Gasteiger charge is -2.28. The number of methoxy groups -OCH3 is 1. The Morgan fingerprint density at radius 1 is 1.11 bits per heavy atom. The van der Waals surface area contributed by atoms with Crippen molar-refractivity contribution in [2.24, 2.45) is 23.5 Å². The number of ether oxygens (including phenoxy) is 2. The van der Waals surface area contributed by atoms with Crippen molar-refractivity contribution in [2.45, 2.75) is 70.6 Å². The van der Waals surface area contributed by atoms with Crippen LogP contribution in [-0.4, -0.2) is 73.7 Å². The Hall–Kier alpha value is -1.91. The second-order valence-electron chi connectivity index (χ2n) is 10.1. The van der Waals surface area contributed by atoms with Gasteiger partial charge in [0, 0.05) is 32.8 Å². The average Bonchev–Trinajstić information content (AvgIpc) is 3.30. The maximum atomic E-state index is 12.9. The highest BCUT2D eigenvalue weighted by Crippen LogP contribution is 2.25. The average molecular weight is 544 g/mol. The van der Waals surface area contributed by atoms with Crippen LogP contribution in [0.25, 0.3) is 0 Å². The molecule has 1 aromatic carbocycles. The van der Waals surface area contributed by atoms with Crippen LogP contribution >= 0.6 is 12.4 Å². The third-order valence-corrected chi connectivity index (χ3v) is 6.97. The fourth-order valence-corrected chi connectivity index (χ4v) is 4.46. The van der Waals surface area contributed by atoms with E-state index < -0.39 is 24.2 Å². The van der Waals surface area contributed by atoms with E-state index in [2.05, 4.69) is 24.5 Å². The highest BCUT2D eigenvalue weighted by Gasteiger charge is 2.32. The van der Waals surface area contributed by atoms with Crippen molar-refractivity contribution in [3.63, 3.8) is 0 Å². The molecule has 0 bridgehead atoms. The number of carbonyl (C=O) groups is 2. The Morgan fingerprint density at radius 3 is 2.46 bits per heavy atom. The van der Waals surface area contributed by atoms with Gasteiger partial charge in [-0.05, 0) is 62.5 Å². The molecular weight excluding hydrogens is 498 g/mol. The molecule has 1 fully saturated rings. The molecule has 0 aromatic heterocycles. The van der Waals surface area contributed by atoms with E-state index in [1.165, 1.54) is 0 Å². The summed E-state index contributed by atoms with van der Waals surface area (Å²) in [6.07, 6.45) is 2.79. The summed E-state index contributed by atoms with van der Waals surface area (Å²) < 4.78 is 10.9. The van der Waals surface area contributed by atoms with Gasteiger partial charge in [0.15, 0.2) is 0 Å². The van der Waals surface area contributed by atoms with Gasteiger partial charge in [-0.1, -0.05) is 26.0 Å². The van der Waals surface area contributed by atoms with Crippen LogP contribution in [-0.2, 0) is 9.53 Å². The molecule has 37 heavy (non-hydrogen) atoms. The van der Waals surface area contributed by atoms with E-state index >= 15 is 0 Å². The summed E-state index contributed by atoms with van der Waals surface area (Å²) in [5.74, 6) is -0.0664. The summed E-state index contributed by atoms with van der Waals surface area (Å²) in [5, 5.41) is 26.1. The van der Waals surface area contributed by atoms with Crippen LogP contribution in [0, 0.1) is 17.8 Å². The van der Waals surface area contributed by atoms with Crippen molar-refractivity contribution in [2.75, 3.05) is 33.4 Å². The van der Waals surface area contributed by atoms with Gasteiger partial charge in [-0.3, -0.25) is 9.59 Å². The molecule has 5 atom stereocenters. The first-order chi connectivity index (χ1) is 17.2. The number of unbranched alkanes of at least 4 members (excludes halogenated alkanes) is 1. The minimum absolute atomic E-state index is 0. The van der Waals surface area contributed by atoms with Crippen molar-refractivity contribution in [3.8, 4) is 5.75 Å². The summed E-state index contributed by atoms with van der Waals surface area (Å²) >= 11 is 0. The van der Waals surface area contributed by atoms with E-state index in [9.17, 15) is 19.8 Å². The number of para-hydroxylation sites is 1. The maximum Gasteiger partial charge on any atom is 0.255 e. The van der Waals surface area contributed by atoms with Crippen molar-refractivity contribution in [3.05, 3.63) is 29.8 Å². The zero-order valence-electron chi connectivity index (χ0n) is 22.4. The first-order valence-corrected chi connectivity index (χ1v) is 13.1. The first-order valence-electron chi connectivity index (χ1n) is 13.1. The summed E-state index contributed by atoms with van der Waals surface area (Å²) in [6.45, 7) is 5.72. The molecule has 0 radical (unpaired) electrons. The standard InChI is InChI=1S/C27H45N3O6.ClH/c1-18(2)19(15-22(28)24(32)17-30-26(33)20-10-8-11-23(20)31)16-29-27(34)21-9-4-5-12-25(21)36-14-7-6-13-35-3;/h4-5,9,12,18-20,22-24,31-32H,6-8,10-11,13-17,28H2,1-3H3,(H,29,34)(H,30,33);1H/t19-,20+,22+,23+,24+;/m1./s1. The predicted octanol–water partition coefficient (Wildman–Crippen LogP) is 2.27. The van der Waals surface area contributed by atoms with Crippen LogP contribution in [0.5, 0.6) is 5.75 Å². The number of nitrogens with one attached hydrogen (secondary N) is 2. The molecule has 1 aromatic rings. The number of hydrogen-bond donors (Lipinski definition) is 5. The largest absolute Gasteiger partial charge is 0.493 e. The fourth-order valence-electron chi connectivity index (χ4n) is 4.46. The van der Waals surface area contributed by atoms with Gasteiger partial charge in [0.2, 0.25) is 5.91 Å². The van der Waals surface area contributed by atoms with Gasteiger partial charge in [0.1, 0.15) is 5.75 Å². The van der Waals surface area contributed by atoms with E-state index in [0.717, 1.165) is 19.3 Å². The number of benzene rings is 1. The molecule has 0 aliphatic heterocycles. The number of nitrogens with two attached hydrogens (primary N) is 1. The van der Waals surface area contributed by atoms with Gasteiger partial charge in [0.25, 0.3) is 5.91 Å². The Kier molecular flexibility index (Phi) is 15.7. The molecule has 2 rings (SSSR count). The van der Waals surface area contributed by atoms with Crippen LogP contribution in [0.3, 0.4) is 0 Å². The highest BCUT2D eigenvalue weighted by atomic mass is 35.5. The Balaban J connectivity index is 0.00000684. The molecule has 1 aliphatic rings. The number of amides is 2. The molecule has 6 N–H and O–H groups in total. The van der Waals surface area contributed by atoms with Crippen LogP contribution in [0.1, 0.15) is 62.7 Å². The molecule has 212 valence electrons. The SMILES string of the molecule is COCCCCOc1ccccc1C(=O)NC[C@@H](C[C@H](N)[C@@H](O)CNC(=O)[C@H]1CCC[C@@H]1O)C(C)C.Cl. The predicted molar refractivity (Wildman–Crippen MR) is 146 cm³/mol. The smallest absolute Gasteiger partial charge is 0.255 e. The Labute approximate surface area is 227 Å². The highest BCUT2D eigenvalue weighted by molar-refractivity contribution is 5.96. The zero-order valence-corrected chi connectivity index (χ0v) is 23.2. The maximum absolute atomic E-state index is 12.9. The number of aliphatic hydroxyl groups excluding tert-OH is 2. The minimum atomic E-state index is -0.920. The zero-order chi connectivity index (χ0) is 26.5. The van der Waals surface area contributed by atoms with Gasteiger partial charge in [-0.2, -0.15) is 0 Å². The second kappa shape index (κ2) is 17.6. The van der Waals surface area contributed by atoms with Crippen molar-refractivity contribution in [1.82, 2.24) is 10.6 Å². The van der Waals surface area contributed by atoms with Crippen molar-refractivity contribution >= 4 is 24.2 Å². The fraction of sp³-hybridized carbons (Fsp3) is 0.704. The van der Waals surface area contributed by atoms with Gasteiger partial charge < -0.3 is 36.1 Å². The first kappa shape index (κ1) is 33.1. The number of hydrogen-bond acceptors (Lipinski definition) is 7. The van der Waals surface area contributed by atoms with E-state index in [-0.39, 0.29) is 42.6 Å². The molecule has 0 saturated heterocycles. The molecule has 2 amide bonds. The van der Waals surface area contributed by atoms with Crippen molar-refractivity contribution in [1.29, 1.82) is 0 Å². The summed E-state index contributed by atoms with van der Waals surface area (Å²) in [6, 6.07) is 6.61. The van der Waals surface area contributed by atoms with E-state index in [4.69, 9.17) is 15.2 Å². The van der Waals surface area contributed by atoms with Gasteiger partial charge in [-0.25, -0.2) is 0 Å². The molecule has 10 heteroatoms. The van der Waals surface area contributed by atoms with Gasteiger partial charge in [-0.15, -0.1) is 12.4 Å². The molecule has 1 aliphatic carbocycles. The third kappa shape index (κ3) is 11.2. The van der Waals surface area contributed by atoms with E-state index in [0.29, 0.717) is 50.3 Å². The number of carbonyl (C=O) groups excluding carboxylic acids is 2. The van der Waals surface area contributed by atoms with E-state index in [1.54, 1.807) is 25.3 Å². The number of halogens is 1. The van der Waals surface area contributed by atoms with Crippen LogP contribution in [0.15, 0.2) is 24.3 Å². The third-order valence-electron chi connectivity index (χ3n) is 6.97.